The number of rotatable bonds is 5. The van der Waals surface area contributed by atoms with Gasteiger partial charge >= 0.3 is 0 Å². The molecule has 0 aromatic heterocycles. The van der Waals surface area contributed by atoms with Gasteiger partial charge in [-0.15, -0.1) is 0 Å². The summed E-state index contributed by atoms with van der Waals surface area (Å²) < 4.78 is 24.3. The van der Waals surface area contributed by atoms with Crippen LogP contribution in [0.3, 0.4) is 0 Å². The second-order valence-electron chi connectivity index (χ2n) is 4.57. The van der Waals surface area contributed by atoms with Gasteiger partial charge in [0.05, 0.1) is 12.9 Å². The maximum absolute atomic E-state index is 10.9. The van der Waals surface area contributed by atoms with E-state index in [0.717, 1.165) is 25.6 Å². The number of aliphatic hydroxyl groups is 1. The van der Waals surface area contributed by atoms with Crippen molar-refractivity contribution in [2.75, 3.05) is 32.5 Å². The predicted molar refractivity (Wildman–Crippen MR) is 63.7 cm³/mol. The van der Waals surface area contributed by atoms with Gasteiger partial charge < -0.3 is 5.11 Å². The number of piperidine rings is 1. The van der Waals surface area contributed by atoms with Gasteiger partial charge in [0.1, 0.15) is 0 Å². The van der Waals surface area contributed by atoms with Crippen LogP contribution >= 0.6 is 0 Å². The number of aliphatic hydroxyl groups excluding tert-OH is 1. The molecule has 6 heteroatoms. The minimum atomic E-state index is -3.10. The molecule has 0 aromatic rings. The van der Waals surface area contributed by atoms with E-state index in [1.54, 1.807) is 0 Å². The molecule has 0 radical (unpaired) electrons. The molecular formula is C10H22N2O3S. The average Bonchev–Trinajstić information content (AvgIpc) is 2.16. The van der Waals surface area contributed by atoms with Crippen molar-refractivity contribution in [2.45, 2.75) is 25.8 Å². The fraction of sp³-hybridized carbons (Fsp3) is 1.00. The SMILES string of the molecule is CC1CCCN(CCNS(C)(=O)=O)C1CO. The van der Waals surface area contributed by atoms with E-state index in [1.165, 1.54) is 0 Å². The lowest BCUT2D eigenvalue weighted by Crippen LogP contribution is -2.49. The molecule has 0 spiro atoms. The van der Waals surface area contributed by atoms with Crippen molar-refractivity contribution in [3.63, 3.8) is 0 Å². The smallest absolute Gasteiger partial charge is 0.208 e. The third kappa shape index (κ3) is 4.37. The highest BCUT2D eigenvalue weighted by Gasteiger charge is 2.27. The molecule has 1 heterocycles. The summed E-state index contributed by atoms with van der Waals surface area (Å²) in [6.45, 7) is 4.32. The number of nitrogens with zero attached hydrogens (tertiary/aromatic N) is 1. The highest BCUT2D eigenvalue weighted by atomic mass is 32.2. The lowest BCUT2D eigenvalue weighted by atomic mass is 9.91. The summed E-state index contributed by atoms with van der Waals surface area (Å²) in [7, 11) is -3.10. The monoisotopic (exact) mass is 250 g/mol. The molecule has 1 rings (SSSR count). The Bertz CT molecular complexity index is 305. The summed E-state index contributed by atoms with van der Waals surface area (Å²) in [5.41, 5.74) is 0. The van der Waals surface area contributed by atoms with Crippen LogP contribution in [0, 0.1) is 5.92 Å². The molecule has 0 aromatic carbocycles. The molecule has 0 aliphatic carbocycles. The van der Waals surface area contributed by atoms with E-state index in [9.17, 15) is 13.5 Å². The summed E-state index contributed by atoms with van der Waals surface area (Å²) in [6, 6.07) is 0.176. The quantitative estimate of drug-likeness (QED) is 0.698. The van der Waals surface area contributed by atoms with Gasteiger partial charge in [0.15, 0.2) is 0 Å². The zero-order chi connectivity index (χ0) is 12.2. The van der Waals surface area contributed by atoms with Gasteiger partial charge in [-0.2, -0.15) is 0 Å². The molecule has 2 unspecified atom stereocenters. The molecule has 96 valence electrons. The van der Waals surface area contributed by atoms with E-state index in [-0.39, 0.29) is 12.6 Å². The van der Waals surface area contributed by atoms with E-state index in [1.807, 2.05) is 0 Å². The van der Waals surface area contributed by atoms with Crippen molar-refractivity contribution in [1.29, 1.82) is 0 Å². The van der Waals surface area contributed by atoms with Crippen molar-refractivity contribution in [1.82, 2.24) is 9.62 Å². The molecule has 16 heavy (non-hydrogen) atoms. The standard InChI is InChI=1S/C10H22N2O3S/c1-9-4-3-6-12(10(9)8-13)7-5-11-16(2,14)15/h9-11,13H,3-8H2,1-2H3. The first-order chi connectivity index (χ1) is 7.44. The fourth-order valence-corrected chi connectivity index (χ4v) is 2.74. The second kappa shape index (κ2) is 5.95. The fourth-order valence-electron chi connectivity index (χ4n) is 2.28. The number of hydrogen-bond donors (Lipinski definition) is 2. The third-order valence-electron chi connectivity index (χ3n) is 3.18. The van der Waals surface area contributed by atoms with Crippen LogP contribution < -0.4 is 4.72 Å². The normalized spacial score (nSPS) is 28.2. The minimum Gasteiger partial charge on any atom is -0.395 e. The van der Waals surface area contributed by atoms with E-state index < -0.39 is 10.0 Å². The number of nitrogens with one attached hydrogen (secondary N) is 1. The molecule has 0 amide bonds. The number of hydrogen-bond acceptors (Lipinski definition) is 4. The predicted octanol–water partition coefficient (Wildman–Crippen LogP) is -0.372. The molecule has 1 saturated heterocycles. The zero-order valence-corrected chi connectivity index (χ0v) is 10.8. The van der Waals surface area contributed by atoms with E-state index in [4.69, 9.17) is 0 Å². The molecule has 5 nitrogen and oxygen atoms in total. The van der Waals surface area contributed by atoms with Crippen LogP contribution in [0.5, 0.6) is 0 Å². The first-order valence-corrected chi connectivity index (χ1v) is 7.62. The largest absolute Gasteiger partial charge is 0.395 e. The first-order valence-electron chi connectivity index (χ1n) is 5.73. The summed E-state index contributed by atoms with van der Waals surface area (Å²) in [5.74, 6) is 0.483. The van der Waals surface area contributed by atoms with E-state index in [2.05, 4.69) is 16.5 Å². The highest BCUT2D eigenvalue weighted by Crippen LogP contribution is 2.22. The topological polar surface area (TPSA) is 69.6 Å². The number of sulfonamides is 1. The molecule has 2 atom stereocenters. The van der Waals surface area contributed by atoms with Gasteiger partial charge in [-0.25, -0.2) is 13.1 Å². The van der Waals surface area contributed by atoms with Crippen LogP contribution in [0.2, 0.25) is 0 Å². The van der Waals surface area contributed by atoms with Gasteiger partial charge in [-0.05, 0) is 25.3 Å². The first kappa shape index (κ1) is 13.9. The lowest BCUT2D eigenvalue weighted by molar-refractivity contribution is 0.0549. The molecule has 1 aliphatic rings. The highest BCUT2D eigenvalue weighted by molar-refractivity contribution is 7.88. The Morgan fingerprint density at radius 2 is 2.19 bits per heavy atom. The zero-order valence-electron chi connectivity index (χ0n) is 10.0. The Morgan fingerprint density at radius 1 is 1.50 bits per heavy atom. The molecule has 1 fully saturated rings. The summed E-state index contributed by atoms with van der Waals surface area (Å²) in [6.07, 6.45) is 3.42. The Morgan fingerprint density at radius 3 is 2.75 bits per heavy atom. The van der Waals surface area contributed by atoms with Gasteiger partial charge in [0, 0.05) is 19.1 Å². The Balaban J connectivity index is 2.39. The molecule has 0 saturated carbocycles. The molecule has 0 bridgehead atoms. The average molecular weight is 250 g/mol. The van der Waals surface area contributed by atoms with Crippen LogP contribution in [-0.4, -0.2) is 57.0 Å². The van der Waals surface area contributed by atoms with Crippen molar-refractivity contribution < 1.29 is 13.5 Å². The van der Waals surface area contributed by atoms with Crippen molar-refractivity contribution in [2.24, 2.45) is 5.92 Å². The van der Waals surface area contributed by atoms with Gasteiger partial charge in [-0.1, -0.05) is 6.92 Å². The van der Waals surface area contributed by atoms with E-state index in [0.29, 0.717) is 19.0 Å². The maximum Gasteiger partial charge on any atom is 0.208 e. The Labute approximate surface area is 97.9 Å². The second-order valence-corrected chi connectivity index (χ2v) is 6.40. The summed E-state index contributed by atoms with van der Waals surface area (Å²) in [5, 5.41) is 9.31. The summed E-state index contributed by atoms with van der Waals surface area (Å²) in [4.78, 5) is 2.17. The molecular weight excluding hydrogens is 228 g/mol. The lowest BCUT2D eigenvalue weighted by Gasteiger charge is -2.38. The van der Waals surface area contributed by atoms with Crippen LogP contribution in [0.4, 0.5) is 0 Å². The van der Waals surface area contributed by atoms with Crippen molar-refractivity contribution >= 4 is 10.0 Å². The Kier molecular flexibility index (Phi) is 5.17. The van der Waals surface area contributed by atoms with Crippen molar-refractivity contribution in [3.05, 3.63) is 0 Å². The van der Waals surface area contributed by atoms with Gasteiger partial charge in [-0.3, -0.25) is 4.90 Å². The van der Waals surface area contributed by atoms with Gasteiger partial charge in [0.25, 0.3) is 0 Å². The van der Waals surface area contributed by atoms with Crippen LogP contribution in [-0.2, 0) is 10.0 Å². The maximum atomic E-state index is 10.9. The molecule has 2 N–H and O–H groups in total. The molecule has 1 aliphatic heterocycles. The minimum absolute atomic E-state index is 0.153. The van der Waals surface area contributed by atoms with Crippen molar-refractivity contribution in [3.8, 4) is 0 Å². The van der Waals surface area contributed by atoms with Gasteiger partial charge in [0.2, 0.25) is 10.0 Å². The van der Waals surface area contributed by atoms with Crippen LogP contribution in [0.25, 0.3) is 0 Å². The van der Waals surface area contributed by atoms with Crippen LogP contribution in [0.1, 0.15) is 19.8 Å². The number of likely N-dealkylation sites (tertiary alicyclic amines) is 1. The third-order valence-corrected chi connectivity index (χ3v) is 3.91. The summed E-state index contributed by atoms with van der Waals surface area (Å²) >= 11 is 0. The Hall–Kier alpha value is -0.170. The van der Waals surface area contributed by atoms with E-state index >= 15 is 0 Å². The van der Waals surface area contributed by atoms with Crippen LogP contribution in [0.15, 0.2) is 0 Å².